The molecule has 0 saturated heterocycles. The van der Waals surface area contributed by atoms with Crippen LogP contribution in [0.2, 0.25) is 0 Å². The summed E-state index contributed by atoms with van der Waals surface area (Å²) in [6.45, 7) is 5.33. The van der Waals surface area contributed by atoms with Gasteiger partial charge in [-0.05, 0) is 85.9 Å². The summed E-state index contributed by atoms with van der Waals surface area (Å²) >= 11 is 0. The molecule has 0 amide bonds. The monoisotopic (exact) mass is 260 g/mol. The molecule has 0 radical (unpaired) electrons. The second kappa shape index (κ2) is 4.25. The first-order valence-corrected chi connectivity index (χ1v) is 9.13. The summed E-state index contributed by atoms with van der Waals surface area (Å²) < 4.78 is 0. The normalized spacial score (nSPS) is 57.2. The molecule has 0 heteroatoms. The van der Waals surface area contributed by atoms with E-state index in [2.05, 4.69) is 13.8 Å². The van der Waals surface area contributed by atoms with E-state index in [-0.39, 0.29) is 0 Å². The fraction of sp³-hybridized carbons (Fsp3) is 1.00. The average Bonchev–Trinajstić information content (AvgIpc) is 2.79. The predicted octanol–water partition coefficient (Wildman–Crippen LogP) is 5.81. The van der Waals surface area contributed by atoms with Crippen LogP contribution in [0.15, 0.2) is 0 Å². The second-order valence-electron chi connectivity index (χ2n) is 8.99. The van der Waals surface area contributed by atoms with E-state index >= 15 is 0 Å². The van der Waals surface area contributed by atoms with Crippen molar-refractivity contribution >= 4 is 0 Å². The van der Waals surface area contributed by atoms with Crippen LogP contribution in [-0.4, -0.2) is 0 Å². The van der Waals surface area contributed by atoms with Crippen molar-refractivity contribution < 1.29 is 0 Å². The maximum absolute atomic E-state index is 2.70. The molecule has 0 heterocycles. The lowest BCUT2D eigenvalue weighted by Crippen LogP contribution is -2.51. The molecule has 0 N–H and O–H groups in total. The standard InChI is InChI=1S/C19H32/c1-18-11-5-7-16(18)15-9-8-14-6-3-4-12-19(14,2)17(15)10-13-18/h14-17H,3-13H2,1-2H3/t14?,15?,16?,17?,18-,19+/m1/s1. The van der Waals surface area contributed by atoms with Gasteiger partial charge in [0.1, 0.15) is 0 Å². The number of rotatable bonds is 0. The van der Waals surface area contributed by atoms with Crippen LogP contribution in [0.5, 0.6) is 0 Å². The van der Waals surface area contributed by atoms with Crippen LogP contribution in [0.4, 0.5) is 0 Å². The van der Waals surface area contributed by atoms with Crippen LogP contribution in [0, 0.1) is 34.5 Å². The van der Waals surface area contributed by atoms with E-state index in [0.717, 1.165) is 34.5 Å². The van der Waals surface area contributed by atoms with Gasteiger partial charge < -0.3 is 0 Å². The van der Waals surface area contributed by atoms with Crippen LogP contribution in [0.1, 0.15) is 84.5 Å². The smallest absolute Gasteiger partial charge is 0.0266 e. The zero-order chi connectivity index (χ0) is 13.1. The highest BCUT2D eigenvalue weighted by atomic mass is 14.6. The Morgan fingerprint density at radius 2 is 1.58 bits per heavy atom. The Morgan fingerprint density at radius 3 is 2.47 bits per heavy atom. The van der Waals surface area contributed by atoms with Crippen molar-refractivity contribution in [1.29, 1.82) is 0 Å². The fourth-order valence-electron chi connectivity index (χ4n) is 7.29. The SMILES string of the molecule is C[C@]12CCCC1C1CCC3CCCC[C@]3(C)C1CC2. The van der Waals surface area contributed by atoms with Gasteiger partial charge in [-0.2, -0.15) is 0 Å². The summed E-state index contributed by atoms with van der Waals surface area (Å²) in [4.78, 5) is 0. The molecule has 0 nitrogen and oxygen atoms in total. The van der Waals surface area contributed by atoms with Gasteiger partial charge in [-0.15, -0.1) is 0 Å². The molecule has 0 aromatic rings. The fourth-order valence-corrected chi connectivity index (χ4v) is 7.29. The van der Waals surface area contributed by atoms with Crippen molar-refractivity contribution in [2.75, 3.05) is 0 Å². The molecule has 4 unspecified atom stereocenters. The molecular weight excluding hydrogens is 228 g/mol. The molecule has 4 saturated carbocycles. The van der Waals surface area contributed by atoms with E-state index in [1.807, 2.05) is 0 Å². The summed E-state index contributed by atoms with van der Waals surface area (Å²) in [6.07, 6.45) is 17.1. The Labute approximate surface area is 119 Å². The molecule has 4 aliphatic rings. The highest BCUT2D eigenvalue weighted by molar-refractivity contribution is 5.06. The third kappa shape index (κ3) is 1.70. The van der Waals surface area contributed by atoms with E-state index < -0.39 is 0 Å². The van der Waals surface area contributed by atoms with Gasteiger partial charge in [0, 0.05) is 0 Å². The predicted molar refractivity (Wildman–Crippen MR) is 81.0 cm³/mol. The van der Waals surface area contributed by atoms with Gasteiger partial charge in [0.25, 0.3) is 0 Å². The maximum atomic E-state index is 2.70. The molecule has 0 aliphatic heterocycles. The maximum Gasteiger partial charge on any atom is -0.0266 e. The Kier molecular flexibility index (Phi) is 2.84. The number of hydrogen-bond donors (Lipinski definition) is 0. The van der Waals surface area contributed by atoms with E-state index in [1.54, 1.807) is 51.4 Å². The molecule has 4 fully saturated rings. The lowest BCUT2D eigenvalue weighted by molar-refractivity contribution is -0.103. The summed E-state index contributed by atoms with van der Waals surface area (Å²) in [5.74, 6) is 4.41. The largest absolute Gasteiger partial charge is 0.0594 e. The minimum absolute atomic E-state index is 0.741. The molecular formula is C19H32. The van der Waals surface area contributed by atoms with Crippen molar-refractivity contribution in [3.63, 3.8) is 0 Å². The van der Waals surface area contributed by atoms with Crippen molar-refractivity contribution in [2.45, 2.75) is 84.5 Å². The van der Waals surface area contributed by atoms with E-state index in [0.29, 0.717) is 0 Å². The summed E-state index contributed by atoms with van der Waals surface area (Å²) in [5, 5.41) is 0. The Hall–Kier alpha value is 0. The Balaban J connectivity index is 1.64. The van der Waals surface area contributed by atoms with Crippen molar-refractivity contribution in [1.82, 2.24) is 0 Å². The second-order valence-corrected chi connectivity index (χ2v) is 8.99. The highest BCUT2D eigenvalue weighted by Crippen LogP contribution is 2.66. The summed E-state index contributed by atoms with van der Waals surface area (Å²) in [6, 6.07) is 0. The van der Waals surface area contributed by atoms with Gasteiger partial charge in [-0.25, -0.2) is 0 Å². The van der Waals surface area contributed by atoms with Gasteiger partial charge in [-0.3, -0.25) is 0 Å². The molecule has 6 atom stereocenters. The van der Waals surface area contributed by atoms with Gasteiger partial charge in [0.05, 0.1) is 0 Å². The van der Waals surface area contributed by atoms with Crippen LogP contribution in [-0.2, 0) is 0 Å². The minimum Gasteiger partial charge on any atom is -0.0594 e. The molecule has 4 rings (SSSR count). The zero-order valence-corrected chi connectivity index (χ0v) is 13.1. The first kappa shape index (κ1) is 12.7. The summed E-state index contributed by atoms with van der Waals surface area (Å²) in [7, 11) is 0. The van der Waals surface area contributed by atoms with E-state index in [9.17, 15) is 0 Å². The van der Waals surface area contributed by atoms with Crippen LogP contribution in [0.25, 0.3) is 0 Å². The highest BCUT2D eigenvalue weighted by Gasteiger charge is 2.56. The molecule has 4 aliphatic carbocycles. The van der Waals surface area contributed by atoms with Gasteiger partial charge in [-0.1, -0.05) is 33.1 Å². The summed E-state index contributed by atoms with van der Waals surface area (Å²) in [5.41, 5.74) is 1.49. The number of hydrogen-bond acceptors (Lipinski definition) is 0. The lowest BCUT2D eigenvalue weighted by Gasteiger charge is -2.60. The molecule has 0 aromatic carbocycles. The van der Waals surface area contributed by atoms with Crippen LogP contribution in [0.3, 0.4) is 0 Å². The first-order valence-electron chi connectivity index (χ1n) is 9.13. The zero-order valence-electron chi connectivity index (χ0n) is 13.1. The topological polar surface area (TPSA) is 0 Å². The Bertz CT molecular complexity index is 359. The quantitative estimate of drug-likeness (QED) is 0.515. The third-order valence-corrected chi connectivity index (χ3v) is 8.36. The third-order valence-electron chi connectivity index (χ3n) is 8.36. The molecule has 108 valence electrons. The van der Waals surface area contributed by atoms with Crippen molar-refractivity contribution in [3.8, 4) is 0 Å². The van der Waals surface area contributed by atoms with Gasteiger partial charge in [0.2, 0.25) is 0 Å². The van der Waals surface area contributed by atoms with E-state index in [1.165, 1.54) is 19.3 Å². The Morgan fingerprint density at radius 1 is 0.684 bits per heavy atom. The van der Waals surface area contributed by atoms with Crippen LogP contribution < -0.4 is 0 Å². The molecule has 0 aromatic heterocycles. The minimum atomic E-state index is 0.741. The lowest BCUT2D eigenvalue weighted by atomic mass is 9.45. The number of fused-ring (bicyclic) bond motifs is 5. The van der Waals surface area contributed by atoms with Crippen molar-refractivity contribution in [2.24, 2.45) is 34.5 Å². The molecule has 0 bridgehead atoms. The molecule has 19 heavy (non-hydrogen) atoms. The van der Waals surface area contributed by atoms with E-state index in [4.69, 9.17) is 0 Å². The van der Waals surface area contributed by atoms with Gasteiger partial charge in [0.15, 0.2) is 0 Å². The molecule has 0 spiro atoms. The average molecular weight is 260 g/mol. The van der Waals surface area contributed by atoms with Gasteiger partial charge >= 0.3 is 0 Å². The van der Waals surface area contributed by atoms with Crippen LogP contribution >= 0.6 is 0 Å². The first-order chi connectivity index (χ1) is 9.13. The van der Waals surface area contributed by atoms with Crippen molar-refractivity contribution in [3.05, 3.63) is 0 Å².